The van der Waals surface area contributed by atoms with Crippen molar-refractivity contribution in [3.63, 3.8) is 0 Å². The van der Waals surface area contributed by atoms with Crippen molar-refractivity contribution in [2.45, 2.75) is 213 Å². The molecular formula is C36H68O4. The van der Waals surface area contributed by atoms with Gasteiger partial charge < -0.3 is 4.74 Å². The number of carbonyl (C=O) groups is 3. The maximum atomic E-state index is 12.1. The number of hydrogen-bond acceptors (Lipinski definition) is 4. The van der Waals surface area contributed by atoms with Crippen molar-refractivity contribution in [2.75, 3.05) is 0 Å². The van der Waals surface area contributed by atoms with Crippen LogP contribution in [0.1, 0.15) is 213 Å². The Bertz CT molecular complexity index is 571. The summed E-state index contributed by atoms with van der Waals surface area (Å²) >= 11 is 0. The third kappa shape index (κ3) is 31.3. The van der Waals surface area contributed by atoms with Crippen LogP contribution in [-0.4, -0.2) is 17.7 Å². The van der Waals surface area contributed by atoms with Crippen LogP contribution < -0.4 is 0 Å². The molecule has 0 radical (unpaired) electrons. The summed E-state index contributed by atoms with van der Waals surface area (Å²) in [5.74, 6) is -0.658. The minimum atomic E-state index is -0.478. The average molecular weight is 565 g/mol. The summed E-state index contributed by atoms with van der Waals surface area (Å²) in [5, 5.41) is 0. The predicted octanol–water partition coefficient (Wildman–Crippen LogP) is 11.8. The molecule has 0 heterocycles. The smallest absolute Gasteiger partial charge is 0.313 e. The fraction of sp³-hybridized carbons (Fsp3) is 0.917. The number of carbonyl (C=O) groups excluding carboxylic acids is 3. The lowest BCUT2D eigenvalue weighted by atomic mass is 10.0. The van der Waals surface area contributed by atoms with E-state index in [0.717, 1.165) is 32.1 Å². The second-order valence-electron chi connectivity index (χ2n) is 12.2. The van der Waals surface area contributed by atoms with E-state index in [1.54, 1.807) is 0 Å². The standard InChI is InChI=1S/C36H68O4/c1-3-5-7-9-11-13-15-17-19-21-23-25-27-30-34(37)31-29-33-36(39)40-35(38)32-28-26-24-22-20-18-16-14-12-10-8-6-4-2/h3-33H2,1-2H3. The van der Waals surface area contributed by atoms with Gasteiger partial charge in [-0.15, -0.1) is 0 Å². The van der Waals surface area contributed by atoms with E-state index in [0.29, 0.717) is 25.7 Å². The van der Waals surface area contributed by atoms with Gasteiger partial charge in [0, 0.05) is 25.7 Å². The van der Waals surface area contributed by atoms with Gasteiger partial charge in [0.05, 0.1) is 0 Å². The number of ether oxygens (including phenoxy) is 1. The Labute approximate surface area is 249 Å². The number of ketones is 1. The molecule has 0 aromatic rings. The van der Waals surface area contributed by atoms with Crippen LogP contribution in [0, 0.1) is 0 Å². The summed E-state index contributed by atoms with van der Waals surface area (Å²) in [4.78, 5) is 35.9. The molecule has 0 aliphatic rings. The van der Waals surface area contributed by atoms with Crippen molar-refractivity contribution in [3.8, 4) is 0 Å². The number of Topliss-reactive ketones (excluding diaryl/α,β-unsaturated/α-hetero) is 1. The Morgan fingerprint density at radius 1 is 0.325 bits per heavy atom. The van der Waals surface area contributed by atoms with Gasteiger partial charge >= 0.3 is 11.9 Å². The van der Waals surface area contributed by atoms with Gasteiger partial charge in [-0.2, -0.15) is 0 Å². The van der Waals surface area contributed by atoms with Gasteiger partial charge in [-0.1, -0.05) is 168 Å². The van der Waals surface area contributed by atoms with Crippen LogP contribution in [0.25, 0.3) is 0 Å². The first-order valence-corrected chi connectivity index (χ1v) is 17.8. The summed E-state index contributed by atoms with van der Waals surface area (Å²) in [6, 6.07) is 0. The van der Waals surface area contributed by atoms with Crippen molar-refractivity contribution in [2.24, 2.45) is 0 Å². The predicted molar refractivity (Wildman–Crippen MR) is 171 cm³/mol. The molecule has 0 aliphatic carbocycles. The van der Waals surface area contributed by atoms with E-state index < -0.39 is 11.9 Å². The van der Waals surface area contributed by atoms with Crippen LogP contribution in [0.5, 0.6) is 0 Å². The highest BCUT2D eigenvalue weighted by Gasteiger charge is 2.11. The normalized spacial score (nSPS) is 11.2. The molecule has 4 heteroatoms. The van der Waals surface area contributed by atoms with Crippen LogP contribution in [0.2, 0.25) is 0 Å². The molecule has 0 atom stereocenters. The third-order valence-corrected chi connectivity index (χ3v) is 8.11. The van der Waals surface area contributed by atoms with Gasteiger partial charge in [-0.25, -0.2) is 0 Å². The number of hydrogen-bond donors (Lipinski definition) is 0. The first-order valence-electron chi connectivity index (χ1n) is 17.8. The van der Waals surface area contributed by atoms with Crippen LogP contribution in [0.3, 0.4) is 0 Å². The topological polar surface area (TPSA) is 60.4 Å². The molecule has 0 fully saturated rings. The fourth-order valence-corrected chi connectivity index (χ4v) is 5.41. The summed E-state index contributed by atoms with van der Waals surface area (Å²) in [5.41, 5.74) is 0. The number of rotatable bonds is 32. The molecule has 0 bridgehead atoms. The molecule has 0 saturated carbocycles. The van der Waals surface area contributed by atoms with Crippen molar-refractivity contribution >= 4 is 17.7 Å². The molecule has 0 unspecified atom stereocenters. The first-order chi connectivity index (χ1) is 19.6. The first kappa shape index (κ1) is 38.8. The molecule has 236 valence electrons. The van der Waals surface area contributed by atoms with Gasteiger partial charge in [0.1, 0.15) is 5.78 Å². The molecule has 0 aliphatic heterocycles. The van der Waals surface area contributed by atoms with Gasteiger partial charge in [-0.3, -0.25) is 14.4 Å². The molecular weight excluding hydrogens is 496 g/mol. The highest BCUT2D eigenvalue weighted by molar-refractivity contribution is 5.85. The monoisotopic (exact) mass is 565 g/mol. The maximum Gasteiger partial charge on any atom is 0.313 e. The Balaban J connectivity index is 3.40. The largest absolute Gasteiger partial charge is 0.393 e. The van der Waals surface area contributed by atoms with E-state index in [4.69, 9.17) is 4.74 Å². The third-order valence-electron chi connectivity index (χ3n) is 8.11. The van der Waals surface area contributed by atoms with E-state index in [1.807, 2.05) is 0 Å². The molecule has 4 nitrogen and oxygen atoms in total. The van der Waals surface area contributed by atoms with Crippen molar-refractivity contribution in [3.05, 3.63) is 0 Å². The molecule has 0 aromatic carbocycles. The van der Waals surface area contributed by atoms with E-state index in [1.165, 1.54) is 135 Å². The zero-order valence-corrected chi connectivity index (χ0v) is 27.1. The van der Waals surface area contributed by atoms with Gasteiger partial charge in [0.2, 0.25) is 0 Å². The lowest BCUT2D eigenvalue weighted by Crippen LogP contribution is -2.12. The Kier molecular flexibility index (Phi) is 31.4. The SMILES string of the molecule is CCCCCCCCCCCCCCCC(=O)CCCC(=O)OC(=O)CCCCCCCCCCCCCCC. The molecule has 0 aromatic heterocycles. The van der Waals surface area contributed by atoms with E-state index in [2.05, 4.69) is 13.8 Å². The van der Waals surface area contributed by atoms with Crippen LogP contribution in [0.15, 0.2) is 0 Å². The van der Waals surface area contributed by atoms with E-state index in [-0.39, 0.29) is 12.2 Å². The number of unbranched alkanes of at least 4 members (excludes halogenated alkanes) is 24. The van der Waals surface area contributed by atoms with Crippen LogP contribution in [0.4, 0.5) is 0 Å². The van der Waals surface area contributed by atoms with E-state index in [9.17, 15) is 14.4 Å². The molecule has 40 heavy (non-hydrogen) atoms. The maximum absolute atomic E-state index is 12.1. The lowest BCUT2D eigenvalue weighted by molar-refractivity contribution is -0.159. The fourth-order valence-electron chi connectivity index (χ4n) is 5.41. The van der Waals surface area contributed by atoms with Gasteiger partial charge in [0.15, 0.2) is 0 Å². The second-order valence-corrected chi connectivity index (χ2v) is 12.2. The Hall–Kier alpha value is -1.19. The zero-order chi connectivity index (χ0) is 29.4. The van der Waals surface area contributed by atoms with E-state index >= 15 is 0 Å². The van der Waals surface area contributed by atoms with Crippen molar-refractivity contribution in [1.82, 2.24) is 0 Å². The number of esters is 2. The van der Waals surface area contributed by atoms with Crippen molar-refractivity contribution < 1.29 is 19.1 Å². The summed E-state index contributed by atoms with van der Waals surface area (Å²) in [6.07, 6.45) is 35.3. The quantitative estimate of drug-likeness (QED) is 0.0463. The Morgan fingerprint density at radius 3 is 0.925 bits per heavy atom. The second kappa shape index (κ2) is 32.3. The molecule has 0 amide bonds. The van der Waals surface area contributed by atoms with Crippen LogP contribution in [-0.2, 0) is 19.1 Å². The molecule has 0 saturated heterocycles. The summed E-state index contributed by atoms with van der Waals surface area (Å²) in [6.45, 7) is 4.52. The van der Waals surface area contributed by atoms with Gasteiger partial charge in [0.25, 0.3) is 0 Å². The average Bonchev–Trinajstić information content (AvgIpc) is 2.93. The highest BCUT2D eigenvalue weighted by Crippen LogP contribution is 2.15. The Morgan fingerprint density at radius 2 is 0.575 bits per heavy atom. The summed E-state index contributed by atoms with van der Waals surface area (Å²) < 4.78 is 4.93. The zero-order valence-electron chi connectivity index (χ0n) is 27.1. The minimum Gasteiger partial charge on any atom is -0.393 e. The highest BCUT2D eigenvalue weighted by atomic mass is 16.6. The minimum absolute atomic E-state index is 0.161. The van der Waals surface area contributed by atoms with Crippen LogP contribution >= 0.6 is 0 Å². The van der Waals surface area contributed by atoms with Gasteiger partial charge in [-0.05, 0) is 19.3 Å². The molecule has 0 spiro atoms. The summed E-state index contributed by atoms with van der Waals surface area (Å²) in [7, 11) is 0. The molecule has 0 rings (SSSR count). The lowest BCUT2D eigenvalue weighted by Gasteiger charge is -2.05. The molecule has 0 N–H and O–H groups in total. The van der Waals surface area contributed by atoms with Crippen molar-refractivity contribution in [1.29, 1.82) is 0 Å².